The van der Waals surface area contributed by atoms with E-state index >= 15 is 0 Å². The van der Waals surface area contributed by atoms with Gasteiger partial charge in [-0.15, -0.1) is 0 Å². The highest BCUT2D eigenvalue weighted by molar-refractivity contribution is 8.09. The predicted molar refractivity (Wildman–Crippen MR) is 123 cm³/mol. The smallest absolute Gasteiger partial charge is 0.412 e. The normalized spacial score (nSPS) is 30.8. The zero-order chi connectivity index (χ0) is 23.9. The van der Waals surface area contributed by atoms with Crippen LogP contribution in [-0.4, -0.2) is 67.4 Å². The van der Waals surface area contributed by atoms with Crippen molar-refractivity contribution in [3.63, 3.8) is 0 Å². The molecule has 32 heavy (non-hydrogen) atoms. The fourth-order valence-corrected chi connectivity index (χ4v) is 10.5. The molecule has 0 aromatic heterocycles. The molecule has 0 N–H and O–H groups in total. The van der Waals surface area contributed by atoms with Crippen molar-refractivity contribution in [2.24, 2.45) is 5.92 Å². The number of carbonyl (C=O) groups excluding carboxylic acids is 1. The van der Waals surface area contributed by atoms with Crippen LogP contribution in [0.3, 0.4) is 0 Å². The number of ether oxygens (including phenoxy) is 2. The SMILES string of the molecule is CC(C)(C)OC(=O)N1C(CC2CCCCC2)C(CC2S(=O)(=O)CCCS2(=O)=O)OC1(C)C. The minimum absolute atomic E-state index is 0.129. The lowest BCUT2D eigenvalue weighted by Crippen LogP contribution is -2.51. The average molecular weight is 494 g/mol. The Hall–Kier alpha value is -0.870. The molecule has 2 unspecified atom stereocenters. The predicted octanol–water partition coefficient (Wildman–Crippen LogP) is 3.65. The molecular weight excluding hydrogens is 454 g/mol. The molecule has 1 saturated carbocycles. The Kier molecular flexibility index (Phi) is 7.29. The van der Waals surface area contributed by atoms with Gasteiger partial charge in [-0.2, -0.15) is 0 Å². The summed E-state index contributed by atoms with van der Waals surface area (Å²) in [6, 6.07) is -0.435. The Morgan fingerprint density at radius 3 is 2.06 bits per heavy atom. The van der Waals surface area contributed by atoms with E-state index in [1.807, 2.05) is 0 Å². The van der Waals surface area contributed by atoms with Gasteiger partial charge in [-0.05, 0) is 53.4 Å². The second-order valence-corrected chi connectivity index (χ2v) is 15.9. The van der Waals surface area contributed by atoms with Crippen LogP contribution in [0.1, 0.15) is 86.0 Å². The summed E-state index contributed by atoms with van der Waals surface area (Å²) < 4.78 is 61.3. The quantitative estimate of drug-likeness (QED) is 0.588. The lowest BCUT2D eigenvalue weighted by atomic mass is 9.83. The highest BCUT2D eigenvalue weighted by Gasteiger charge is 2.54. The molecule has 0 bridgehead atoms. The molecule has 1 aliphatic carbocycles. The zero-order valence-corrected chi connectivity index (χ0v) is 21.6. The van der Waals surface area contributed by atoms with E-state index in [1.54, 1.807) is 39.5 Å². The zero-order valence-electron chi connectivity index (χ0n) is 20.0. The molecule has 8 nitrogen and oxygen atoms in total. The van der Waals surface area contributed by atoms with E-state index in [-0.39, 0.29) is 24.3 Å². The third-order valence-electron chi connectivity index (χ3n) is 6.75. The van der Waals surface area contributed by atoms with Crippen molar-refractivity contribution in [1.29, 1.82) is 0 Å². The van der Waals surface area contributed by atoms with Gasteiger partial charge in [0.1, 0.15) is 11.3 Å². The van der Waals surface area contributed by atoms with E-state index in [4.69, 9.17) is 9.47 Å². The van der Waals surface area contributed by atoms with E-state index < -0.39 is 53.8 Å². The van der Waals surface area contributed by atoms with E-state index in [0.29, 0.717) is 12.3 Å². The Labute approximate surface area is 193 Å². The molecule has 2 atom stereocenters. The third kappa shape index (κ3) is 5.78. The molecule has 10 heteroatoms. The van der Waals surface area contributed by atoms with Crippen molar-refractivity contribution >= 4 is 25.8 Å². The van der Waals surface area contributed by atoms with Crippen LogP contribution in [0.4, 0.5) is 4.79 Å². The Morgan fingerprint density at radius 1 is 0.969 bits per heavy atom. The second-order valence-electron chi connectivity index (χ2n) is 11.0. The number of rotatable bonds is 4. The number of carbonyl (C=O) groups is 1. The Balaban J connectivity index is 1.93. The van der Waals surface area contributed by atoms with Crippen molar-refractivity contribution < 1.29 is 31.1 Å². The summed E-state index contributed by atoms with van der Waals surface area (Å²) in [6.45, 7) is 8.90. The van der Waals surface area contributed by atoms with Gasteiger partial charge in [0.15, 0.2) is 24.3 Å². The largest absolute Gasteiger partial charge is 0.444 e. The van der Waals surface area contributed by atoms with Gasteiger partial charge in [-0.3, -0.25) is 4.90 Å². The summed E-state index contributed by atoms with van der Waals surface area (Å²) in [5, 5.41) is 0. The molecule has 2 heterocycles. The maximum atomic E-state index is 13.2. The first kappa shape index (κ1) is 25.7. The molecule has 0 aromatic carbocycles. The lowest BCUT2D eigenvalue weighted by molar-refractivity contribution is -0.0795. The fraction of sp³-hybridized carbons (Fsp3) is 0.955. The van der Waals surface area contributed by atoms with Crippen LogP contribution in [-0.2, 0) is 29.1 Å². The van der Waals surface area contributed by atoms with Crippen molar-refractivity contribution in [2.75, 3.05) is 11.5 Å². The van der Waals surface area contributed by atoms with Crippen LogP contribution >= 0.6 is 0 Å². The van der Waals surface area contributed by atoms with Gasteiger partial charge in [0.2, 0.25) is 0 Å². The molecule has 2 aliphatic heterocycles. The second kappa shape index (κ2) is 9.06. The molecule has 2 saturated heterocycles. The lowest BCUT2D eigenvalue weighted by Gasteiger charge is -2.37. The van der Waals surface area contributed by atoms with Crippen LogP contribution < -0.4 is 0 Å². The fourth-order valence-electron chi connectivity index (χ4n) is 5.39. The molecule has 3 aliphatic rings. The van der Waals surface area contributed by atoms with Gasteiger partial charge in [0.25, 0.3) is 0 Å². The standard InChI is InChI=1S/C22H39NO7S2/c1-21(2,3)30-20(24)23-17(14-16-10-7-6-8-11-16)18(29-22(23,4)5)15-19-31(25,26)12-9-13-32(19,27)28/h16-19H,6-15H2,1-5H3. The first-order valence-corrected chi connectivity index (χ1v) is 15.2. The molecule has 0 radical (unpaired) electrons. The van der Waals surface area contributed by atoms with Gasteiger partial charge in [-0.25, -0.2) is 21.6 Å². The van der Waals surface area contributed by atoms with Crippen molar-refractivity contribution in [1.82, 2.24) is 4.90 Å². The van der Waals surface area contributed by atoms with E-state index in [2.05, 4.69) is 0 Å². The molecule has 1 amide bonds. The molecule has 0 spiro atoms. The van der Waals surface area contributed by atoms with E-state index in [1.165, 1.54) is 6.42 Å². The van der Waals surface area contributed by atoms with Crippen LogP contribution in [0.5, 0.6) is 0 Å². The van der Waals surface area contributed by atoms with Crippen LogP contribution in [0.15, 0.2) is 0 Å². The summed E-state index contributed by atoms with van der Waals surface area (Å²) in [6.07, 6.45) is 4.98. The van der Waals surface area contributed by atoms with Gasteiger partial charge in [0.05, 0.1) is 23.7 Å². The minimum Gasteiger partial charge on any atom is -0.444 e. The maximum Gasteiger partial charge on any atom is 0.412 e. The van der Waals surface area contributed by atoms with Gasteiger partial charge >= 0.3 is 6.09 Å². The summed E-state index contributed by atoms with van der Waals surface area (Å²) in [5.74, 6) is 0.129. The first-order chi connectivity index (χ1) is 14.6. The molecule has 186 valence electrons. The van der Waals surface area contributed by atoms with Crippen molar-refractivity contribution in [3.8, 4) is 0 Å². The van der Waals surface area contributed by atoms with Crippen molar-refractivity contribution in [3.05, 3.63) is 0 Å². The summed E-state index contributed by atoms with van der Waals surface area (Å²) in [4.78, 5) is 14.8. The summed E-state index contributed by atoms with van der Waals surface area (Å²) in [5.41, 5.74) is -1.73. The van der Waals surface area contributed by atoms with Crippen LogP contribution in [0.25, 0.3) is 0 Å². The maximum absolute atomic E-state index is 13.2. The van der Waals surface area contributed by atoms with Crippen LogP contribution in [0, 0.1) is 5.92 Å². The Morgan fingerprint density at radius 2 is 1.53 bits per heavy atom. The van der Waals surface area contributed by atoms with E-state index in [0.717, 1.165) is 25.7 Å². The average Bonchev–Trinajstić information content (AvgIpc) is 2.87. The molecular formula is C22H39NO7S2. The first-order valence-electron chi connectivity index (χ1n) is 11.8. The Bertz CT molecular complexity index is 865. The molecule has 3 rings (SSSR count). The summed E-state index contributed by atoms with van der Waals surface area (Å²) >= 11 is 0. The minimum atomic E-state index is -3.78. The highest BCUT2D eigenvalue weighted by atomic mass is 32.3. The number of nitrogens with zero attached hydrogens (tertiary/aromatic N) is 1. The van der Waals surface area contributed by atoms with Crippen molar-refractivity contribution in [2.45, 2.75) is 114 Å². The van der Waals surface area contributed by atoms with E-state index in [9.17, 15) is 21.6 Å². The van der Waals surface area contributed by atoms with Gasteiger partial charge in [0, 0.05) is 6.42 Å². The van der Waals surface area contributed by atoms with Gasteiger partial charge in [-0.1, -0.05) is 32.1 Å². The number of hydrogen-bond donors (Lipinski definition) is 0. The number of hydrogen-bond acceptors (Lipinski definition) is 7. The number of sulfone groups is 2. The van der Waals surface area contributed by atoms with Crippen LogP contribution in [0.2, 0.25) is 0 Å². The summed E-state index contributed by atoms with van der Waals surface area (Å²) in [7, 11) is -7.56. The third-order valence-corrected chi connectivity index (χ3v) is 12.2. The number of amides is 1. The molecule has 0 aromatic rings. The topological polar surface area (TPSA) is 107 Å². The van der Waals surface area contributed by atoms with Gasteiger partial charge < -0.3 is 9.47 Å². The highest BCUT2D eigenvalue weighted by Crippen LogP contribution is 2.42. The molecule has 3 fully saturated rings. The monoisotopic (exact) mass is 493 g/mol.